The normalized spacial score (nSPS) is 14.3. The summed E-state index contributed by atoms with van der Waals surface area (Å²) in [6.07, 6.45) is 0. The van der Waals surface area contributed by atoms with Crippen molar-refractivity contribution >= 4 is 35.0 Å². The topological polar surface area (TPSA) is 123 Å². The van der Waals surface area contributed by atoms with E-state index < -0.39 is 5.97 Å². The van der Waals surface area contributed by atoms with Gasteiger partial charge in [0.25, 0.3) is 0 Å². The van der Waals surface area contributed by atoms with Crippen molar-refractivity contribution in [2.45, 2.75) is 20.8 Å². The minimum absolute atomic E-state index is 0.0588. The summed E-state index contributed by atoms with van der Waals surface area (Å²) in [6.45, 7) is 9.34. The van der Waals surface area contributed by atoms with Gasteiger partial charge in [0, 0.05) is 50.2 Å². The Hall–Kier alpha value is -3.40. The number of nitrogens with zero attached hydrogens (tertiary/aromatic N) is 4. The Morgan fingerprint density at radius 3 is 2.50 bits per heavy atom. The van der Waals surface area contributed by atoms with E-state index in [9.17, 15) is 9.59 Å². The maximum Gasteiger partial charge on any atom is 0.319 e. The summed E-state index contributed by atoms with van der Waals surface area (Å²) < 4.78 is 0. The van der Waals surface area contributed by atoms with E-state index in [-0.39, 0.29) is 12.6 Å². The van der Waals surface area contributed by atoms with Gasteiger partial charge in [0.15, 0.2) is 0 Å². The number of urea groups is 1. The highest BCUT2D eigenvalue weighted by Gasteiger charge is 2.20. The van der Waals surface area contributed by atoms with Crippen molar-refractivity contribution in [2.75, 3.05) is 54.8 Å². The molecular weight excluding hydrogens is 410 g/mol. The molecule has 1 saturated heterocycles. The third kappa shape index (κ3) is 7.09. The van der Waals surface area contributed by atoms with Crippen LogP contribution in [0.2, 0.25) is 0 Å². The van der Waals surface area contributed by atoms with Gasteiger partial charge >= 0.3 is 12.0 Å². The van der Waals surface area contributed by atoms with E-state index in [1.807, 2.05) is 56.0 Å². The number of piperazine rings is 1. The third-order valence-electron chi connectivity index (χ3n) is 4.94. The first-order valence-electron chi connectivity index (χ1n) is 10.7. The second-order valence-electron chi connectivity index (χ2n) is 8.25. The van der Waals surface area contributed by atoms with E-state index in [0.29, 0.717) is 56.0 Å². The first-order chi connectivity index (χ1) is 15.3. The summed E-state index contributed by atoms with van der Waals surface area (Å²) >= 11 is 0. The predicted octanol–water partition coefficient (Wildman–Crippen LogP) is 2.51. The summed E-state index contributed by atoms with van der Waals surface area (Å²) in [4.78, 5) is 36.0. The molecule has 0 saturated carbocycles. The van der Waals surface area contributed by atoms with Crippen molar-refractivity contribution in [2.24, 2.45) is 5.92 Å². The van der Waals surface area contributed by atoms with Crippen LogP contribution in [0.1, 0.15) is 19.7 Å². The molecule has 2 amide bonds. The van der Waals surface area contributed by atoms with Gasteiger partial charge in [0.2, 0.25) is 0 Å². The van der Waals surface area contributed by atoms with Gasteiger partial charge in [-0.05, 0) is 31.0 Å². The average molecular weight is 442 g/mol. The number of carbonyl (C=O) groups excluding carboxylic acids is 1. The lowest BCUT2D eigenvalue weighted by molar-refractivity contribution is -0.138. The van der Waals surface area contributed by atoms with Crippen molar-refractivity contribution in [3.05, 3.63) is 36.2 Å². The summed E-state index contributed by atoms with van der Waals surface area (Å²) in [5.74, 6) is 1.67. The van der Waals surface area contributed by atoms with Crippen LogP contribution in [0, 0.1) is 12.8 Å². The van der Waals surface area contributed by atoms with E-state index in [4.69, 9.17) is 5.11 Å². The van der Waals surface area contributed by atoms with E-state index in [2.05, 4.69) is 30.8 Å². The number of aromatic nitrogens is 2. The highest BCUT2D eigenvalue weighted by atomic mass is 16.4. The van der Waals surface area contributed by atoms with Crippen molar-refractivity contribution < 1.29 is 14.7 Å². The van der Waals surface area contributed by atoms with Crippen LogP contribution >= 0.6 is 0 Å². The lowest BCUT2D eigenvalue weighted by Gasteiger charge is -2.34. The van der Waals surface area contributed by atoms with E-state index in [1.54, 1.807) is 0 Å². The van der Waals surface area contributed by atoms with Crippen LogP contribution in [0.15, 0.2) is 30.3 Å². The Morgan fingerprint density at radius 1 is 1.09 bits per heavy atom. The molecule has 1 aliphatic heterocycles. The second-order valence-corrected chi connectivity index (χ2v) is 8.25. The number of carbonyl (C=O) groups is 2. The zero-order valence-electron chi connectivity index (χ0n) is 18.8. The van der Waals surface area contributed by atoms with Crippen molar-refractivity contribution in [3.8, 4) is 0 Å². The van der Waals surface area contributed by atoms with Crippen LogP contribution < -0.4 is 20.9 Å². The first kappa shape index (κ1) is 23.3. The third-order valence-corrected chi connectivity index (χ3v) is 4.94. The molecule has 1 aromatic heterocycles. The van der Waals surface area contributed by atoms with Crippen molar-refractivity contribution in [3.63, 3.8) is 0 Å². The lowest BCUT2D eigenvalue weighted by atomic mass is 10.2. The number of hydrogen-bond donors (Lipinski definition) is 4. The molecular formula is C22H31N7O3. The molecule has 1 aliphatic rings. The van der Waals surface area contributed by atoms with Gasteiger partial charge in [0.05, 0.1) is 6.54 Å². The largest absolute Gasteiger partial charge is 0.480 e. The lowest BCUT2D eigenvalue weighted by Crippen LogP contribution is -2.48. The van der Waals surface area contributed by atoms with Gasteiger partial charge in [0.1, 0.15) is 17.5 Å². The fourth-order valence-electron chi connectivity index (χ4n) is 3.40. The van der Waals surface area contributed by atoms with E-state index in [0.717, 1.165) is 11.5 Å². The molecule has 1 aromatic carbocycles. The maximum absolute atomic E-state index is 12.0. The summed E-state index contributed by atoms with van der Waals surface area (Å²) in [5, 5.41) is 17.9. The number of aliphatic carboxylic acids is 1. The number of aryl methyl sites for hydroxylation is 1. The summed E-state index contributed by atoms with van der Waals surface area (Å²) in [5.41, 5.74) is 1.47. The Labute approximate surface area is 188 Å². The fourth-order valence-corrected chi connectivity index (χ4v) is 3.40. The van der Waals surface area contributed by atoms with Gasteiger partial charge in [-0.25, -0.2) is 14.8 Å². The SMILES string of the molecule is Cc1nc(Nc2cccc(NC(=O)NCC(C)C)c2)cc(N2CCN(CC(=O)O)CC2)n1. The zero-order chi connectivity index (χ0) is 23.1. The Morgan fingerprint density at radius 2 is 1.81 bits per heavy atom. The van der Waals surface area contributed by atoms with Gasteiger partial charge in [-0.2, -0.15) is 0 Å². The maximum atomic E-state index is 12.0. The summed E-state index contributed by atoms with van der Waals surface area (Å²) in [6, 6.07) is 9.08. The Bertz CT molecular complexity index is 943. The van der Waals surface area contributed by atoms with Gasteiger partial charge in [-0.3, -0.25) is 9.69 Å². The fraction of sp³-hybridized carbons (Fsp3) is 0.455. The molecule has 0 spiro atoms. The molecule has 0 bridgehead atoms. The molecule has 1 fully saturated rings. The molecule has 2 heterocycles. The van der Waals surface area contributed by atoms with Crippen LogP contribution in [0.4, 0.5) is 27.8 Å². The molecule has 3 rings (SSSR count). The van der Waals surface area contributed by atoms with Crippen LogP contribution in [0.25, 0.3) is 0 Å². The molecule has 0 unspecified atom stereocenters. The number of nitrogens with one attached hydrogen (secondary N) is 3. The number of carboxylic acids is 1. The van der Waals surface area contributed by atoms with Crippen molar-refractivity contribution in [1.82, 2.24) is 20.2 Å². The number of anilines is 4. The summed E-state index contributed by atoms with van der Waals surface area (Å²) in [7, 11) is 0. The second kappa shape index (κ2) is 10.8. The Kier molecular flexibility index (Phi) is 7.82. The minimum atomic E-state index is -0.808. The highest BCUT2D eigenvalue weighted by Crippen LogP contribution is 2.23. The predicted molar refractivity (Wildman–Crippen MR) is 125 cm³/mol. The first-order valence-corrected chi connectivity index (χ1v) is 10.7. The molecule has 10 nitrogen and oxygen atoms in total. The number of hydrogen-bond acceptors (Lipinski definition) is 7. The molecule has 0 radical (unpaired) electrons. The standard InChI is InChI=1S/C22H31N7O3/c1-15(2)13-23-22(32)27-18-6-4-5-17(11-18)26-19-12-20(25-16(3)24-19)29-9-7-28(8-10-29)14-21(30)31/h4-6,11-12,15H,7-10,13-14H2,1-3H3,(H,30,31)(H2,23,27,32)(H,24,25,26). The molecule has 2 aromatic rings. The van der Waals surface area contributed by atoms with E-state index in [1.165, 1.54) is 0 Å². The quantitative estimate of drug-likeness (QED) is 0.493. The monoisotopic (exact) mass is 441 g/mol. The van der Waals surface area contributed by atoms with E-state index >= 15 is 0 Å². The number of benzene rings is 1. The molecule has 4 N–H and O–H groups in total. The molecule has 0 aliphatic carbocycles. The highest BCUT2D eigenvalue weighted by molar-refractivity contribution is 5.89. The number of rotatable bonds is 8. The van der Waals surface area contributed by atoms with Gasteiger partial charge in [-0.1, -0.05) is 19.9 Å². The smallest absolute Gasteiger partial charge is 0.319 e. The molecule has 0 atom stereocenters. The molecule has 172 valence electrons. The van der Waals surface area contributed by atoms with Crippen LogP contribution in [-0.2, 0) is 4.79 Å². The average Bonchev–Trinajstić information content (AvgIpc) is 2.72. The van der Waals surface area contributed by atoms with Crippen LogP contribution in [0.3, 0.4) is 0 Å². The zero-order valence-corrected chi connectivity index (χ0v) is 18.8. The van der Waals surface area contributed by atoms with Crippen LogP contribution in [-0.4, -0.2) is 71.2 Å². The molecule has 32 heavy (non-hydrogen) atoms. The van der Waals surface area contributed by atoms with Crippen LogP contribution in [0.5, 0.6) is 0 Å². The molecule has 10 heteroatoms. The number of amides is 2. The Balaban J connectivity index is 1.64. The minimum Gasteiger partial charge on any atom is -0.480 e. The van der Waals surface area contributed by atoms with Crippen molar-refractivity contribution in [1.29, 1.82) is 0 Å². The van der Waals surface area contributed by atoms with Gasteiger partial charge in [-0.15, -0.1) is 0 Å². The number of carboxylic acid groups (broad SMARTS) is 1. The van der Waals surface area contributed by atoms with Gasteiger partial charge < -0.3 is 26.0 Å².